The molecule has 39 heavy (non-hydrogen) atoms. The molecule has 212 valence electrons. The molecule has 2 fully saturated rings. The van der Waals surface area contributed by atoms with Gasteiger partial charge in [-0.15, -0.1) is 0 Å². The summed E-state index contributed by atoms with van der Waals surface area (Å²) in [4.78, 5) is 25.7. The fourth-order valence-corrected chi connectivity index (χ4v) is 5.86. The number of benzene rings is 2. The highest BCUT2D eigenvalue weighted by Gasteiger charge is 2.52. The van der Waals surface area contributed by atoms with Crippen LogP contribution < -0.4 is 16.0 Å². The van der Waals surface area contributed by atoms with Crippen LogP contribution in [0.25, 0.3) is 0 Å². The van der Waals surface area contributed by atoms with Gasteiger partial charge in [-0.05, 0) is 61.8 Å². The summed E-state index contributed by atoms with van der Waals surface area (Å²) in [5, 5.41) is 20.3. The van der Waals surface area contributed by atoms with E-state index < -0.39 is 41.2 Å². The quantitative estimate of drug-likeness (QED) is 0.383. The maximum absolute atomic E-state index is 13.1. The van der Waals surface area contributed by atoms with Crippen molar-refractivity contribution in [3.05, 3.63) is 71.3 Å². The second-order valence-corrected chi connectivity index (χ2v) is 10.5. The molecule has 4 rings (SSSR count). The van der Waals surface area contributed by atoms with Crippen LogP contribution in [0.4, 0.5) is 13.2 Å². The van der Waals surface area contributed by atoms with Gasteiger partial charge in [0.25, 0.3) is 5.91 Å². The minimum Gasteiger partial charge on any atom is -0.385 e. The van der Waals surface area contributed by atoms with Gasteiger partial charge in [-0.2, -0.15) is 13.2 Å². The molecule has 1 aliphatic carbocycles. The van der Waals surface area contributed by atoms with Crippen LogP contribution in [0.3, 0.4) is 0 Å². The number of alkyl halides is 3. The third kappa shape index (κ3) is 6.62. The lowest BCUT2D eigenvalue weighted by Gasteiger charge is -2.47. The molecule has 2 aromatic carbocycles. The molecule has 0 spiro atoms. The fraction of sp³-hybridized carbons (Fsp3) is 0.517. The highest BCUT2D eigenvalue weighted by Crippen LogP contribution is 2.45. The van der Waals surface area contributed by atoms with E-state index in [0.717, 1.165) is 30.2 Å². The predicted molar refractivity (Wildman–Crippen MR) is 140 cm³/mol. The Morgan fingerprint density at radius 3 is 2.49 bits per heavy atom. The monoisotopic (exact) mass is 547 g/mol. The Labute approximate surface area is 226 Å². The van der Waals surface area contributed by atoms with E-state index in [9.17, 15) is 27.9 Å². The van der Waals surface area contributed by atoms with Crippen LogP contribution >= 0.6 is 0 Å². The molecular weight excluding hydrogens is 511 g/mol. The minimum atomic E-state index is -4.57. The van der Waals surface area contributed by atoms with E-state index in [-0.39, 0.29) is 17.6 Å². The van der Waals surface area contributed by atoms with Crippen molar-refractivity contribution < 1.29 is 32.6 Å². The van der Waals surface area contributed by atoms with Crippen LogP contribution in [0.15, 0.2) is 54.6 Å². The maximum atomic E-state index is 13.1. The molecule has 10 heteroatoms. The summed E-state index contributed by atoms with van der Waals surface area (Å²) >= 11 is 0. The van der Waals surface area contributed by atoms with Gasteiger partial charge in [0, 0.05) is 25.3 Å². The summed E-state index contributed by atoms with van der Waals surface area (Å²) in [6.45, 7) is 3.17. The number of hydrogen-bond donors (Lipinski definition) is 4. The third-order valence-electron chi connectivity index (χ3n) is 7.93. The molecule has 1 saturated carbocycles. The van der Waals surface area contributed by atoms with Crippen LogP contribution in [0.2, 0.25) is 0 Å². The second-order valence-electron chi connectivity index (χ2n) is 10.5. The van der Waals surface area contributed by atoms with Crippen LogP contribution in [-0.2, 0) is 21.3 Å². The summed E-state index contributed by atoms with van der Waals surface area (Å²) < 4.78 is 45.3. The van der Waals surface area contributed by atoms with Crippen LogP contribution in [0.5, 0.6) is 0 Å². The Hall–Kier alpha value is -2.95. The fourth-order valence-electron chi connectivity index (χ4n) is 5.86. The summed E-state index contributed by atoms with van der Waals surface area (Å²) in [5.41, 5.74) is -1.91. The maximum Gasteiger partial charge on any atom is 0.416 e. The topological polar surface area (TPSA) is 99.7 Å². The molecule has 1 heterocycles. The number of rotatable bonds is 9. The number of nitrogens with one attached hydrogen (secondary N) is 3. The highest BCUT2D eigenvalue weighted by atomic mass is 19.4. The van der Waals surface area contributed by atoms with Gasteiger partial charge < -0.3 is 25.8 Å². The normalized spacial score (nSPS) is 27.2. The van der Waals surface area contributed by atoms with Crippen molar-refractivity contribution in [1.82, 2.24) is 16.0 Å². The van der Waals surface area contributed by atoms with E-state index >= 15 is 0 Å². The number of aliphatic hydroxyl groups is 1. The Morgan fingerprint density at radius 2 is 1.82 bits per heavy atom. The van der Waals surface area contributed by atoms with Gasteiger partial charge in [-0.3, -0.25) is 9.59 Å². The van der Waals surface area contributed by atoms with Crippen molar-refractivity contribution in [3.8, 4) is 0 Å². The zero-order valence-corrected chi connectivity index (χ0v) is 22.0. The highest BCUT2D eigenvalue weighted by molar-refractivity contribution is 5.96. The molecule has 0 unspecified atom stereocenters. The van der Waals surface area contributed by atoms with Gasteiger partial charge in [0.2, 0.25) is 5.91 Å². The number of amides is 2. The van der Waals surface area contributed by atoms with E-state index in [0.29, 0.717) is 45.4 Å². The zero-order chi connectivity index (χ0) is 28.1. The smallest absolute Gasteiger partial charge is 0.385 e. The number of halogens is 3. The molecule has 1 saturated heterocycles. The molecule has 1 aliphatic heterocycles. The van der Waals surface area contributed by atoms with Gasteiger partial charge in [0.05, 0.1) is 29.4 Å². The van der Waals surface area contributed by atoms with Gasteiger partial charge >= 0.3 is 6.18 Å². The van der Waals surface area contributed by atoms with E-state index in [1.54, 1.807) is 0 Å². The lowest BCUT2D eigenvalue weighted by atomic mass is 9.67. The van der Waals surface area contributed by atoms with Crippen LogP contribution in [-0.4, -0.2) is 54.8 Å². The first-order valence-corrected chi connectivity index (χ1v) is 13.4. The molecular formula is C29H36F3N3O4. The molecule has 2 atom stereocenters. The average Bonchev–Trinajstić information content (AvgIpc) is 3.33. The van der Waals surface area contributed by atoms with Gasteiger partial charge in [-0.1, -0.05) is 43.3 Å². The SMILES string of the molecule is CCCO[C@H]1CNC[C@@]1(NC(=O)CNC(=O)c1cccc(C(F)(F)F)c1)C1CCC(O)(c2ccccc2)CC1. The van der Waals surface area contributed by atoms with Crippen LogP contribution in [0.1, 0.15) is 60.5 Å². The summed E-state index contributed by atoms with van der Waals surface area (Å²) in [7, 11) is 0. The van der Waals surface area contributed by atoms with Gasteiger partial charge in [-0.25, -0.2) is 0 Å². The summed E-state index contributed by atoms with van der Waals surface area (Å²) in [6, 6.07) is 13.7. The number of ether oxygens (including phenoxy) is 1. The standard InChI is InChI=1S/C29H36F3N3O4/c1-2-15-39-24-17-33-19-28(24,22-11-13-27(38,14-12-22)21-8-4-3-5-9-21)35-25(36)18-34-26(37)20-7-6-10-23(16-20)29(30,31)32/h3-10,16,22,24,33,38H,2,11-15,17-19H2,1H3,(H,34,37)(H,35,36)/t22?,24-,27?,28+/m0/s1. The van der Waals surface area contributed by atoms with Crippen LogP contribution in [0, 0.1) is 5.92 Å². The first kappa shape index (κ1) is 29.0. The van der Waals surface area contributed by atoms with Crippen molar-refractivity contribution in [2.24, 2.45) is 5.92 Å². The van der Waals surface area contributed by atoms with Crippen molar-refractivity contribution in [3.63, 3.8) is 0 Å². The number of hydrogen-bond acceptors (Lipinski definition) is 5. The van der Waals surface area contributed by atoms with E-state index in [4.69, 9.17) is 4.74 Å². The van der Waals surface area contributed by atoms with Gasteiger partial charge in [0.15, 0.2) is 0 Å². The summed E-state index contributed by atoms with van der Waals surface area (Å²) in [5.74, 6) is -1.20. The molecule has 0 bridgehead atoms. The molecule has 0 aromatic heterocycles. The Kier molecular flexibility index (Phi) is 8.98. The third-order valence-corrected chi connectivity index (χ3v) is 7.93. The molecule has 2 aliphatic rings. The first-order chi connectivity index (χ1) is 18.6. The van der Waals surface area contributed by atoms with Crippen molar-refractivity contribution in [2.75, 3.05) is 26.2 Å². The Balaban J connectivity index is 1.45. The summed E-state index contributed by atoms with van der Waals surface area (Å²) in [6.07, 6.45) is -1.67. The van der Waals surface area contributed by atoms with E-state index in [1.807, 2.05) is 37.3 Å². The van der Waals surface area contributed by atoms with E-state index in [2.05, 4.69) is 16.0 Å². The second kappa shape index (κ2) is 12.1. The Morgan fingerprint density at radius 1 is 1.10 bits per heavy atom. The van der Waals surface area contributed by atoms with Crippen molar-refractivity contribution in [2.45, 2.75) is 62.4 Å². The largest absolute Gasteiger partial charge is 0.416 e. The lowest BCUT2D eigenvalue weighted by Crippen LogP contribution is -2.64. The molecule has 7 nitrogen and oxygen atoms in total. The predicted octanol–water partition coefficient (Wildman–Crippen LogP) is 3.77. The van der Waals surface area contributed by atoms with E-state index in [1.165, 1.54) is 6.07 Å². The molecule has 2 aromatic rings. The first-order valence-electron chi connectivity index (χ1n) is 13.4. The number of carbonyl (C=O) groups excluding carboxylic acids is 2. The lowest BCUT2D eigenvalue weighted by molar-refractivity contribution is -0.137. The van der Waals surface area contributed by atoms with Gasteiger partial charge in [0.1, 0.15) is 0 Å². The molecule has 0 radical (unpaired) electrons. The molecule has 2 amide bonds. The molecule has 4 N–H and O–H groups in total. The zero-order valence-electron chi connectivity index (χ0n) is 22.0. The van der Waals surface area contributed by atoms with Crippen molar-refractivity contribution in [1.29, 1.82) is 0 Å². The minimum absolute atomic E-state index is 0.0152. The van der Waals surface area contributed by atoms with Crippen molar-refractivity contribution >= 4 is 11.8 Å². The number of carbonyl (C=O) groups is 2. The average molecular weight is 548 g/mol. The Bertz CT molecular complexity index is 1140.